The van der Waals surface area contributed by atoms with Gasteiger partial charge in [-0.25, -0.2) is 4.79 Å². The predicted molar refractivity (Wildman–Crippen MR) is 91.1 cm³/mol. The number of amides is 2. The van der Waals surface area contributed by atoms with Crippen LogP contribution in [0.4, 0.5) is 4.79 Å². The molecule has 0 radical (unpaired) electrons. The van der Waals surface area contributed by atoms with E-state index in [1.165, 1.54) is 11.1 Å². The van der Waals surface area contributed by atoms with Gasteiger partial charge in [0.1, 0.15) is 0 Å². The fraction of sp³-hybridized carbons (Fsp3) is 0.611. The largest absolute Gasteiger partial charge is 0.338 e. The molecule has 0 unspecified atom stereocenters. The van der Waals surface area contributed by atoms with Crippen molar-refractivity contribution < 1.29 is 4.79 Å². The SMILES string of the molecule is CCNC(=O)N1CCN(Cc2ccc(C(C)(C)C)cc2)CC1. The monoisotopic (exact) mass is 303 g/mol. The second-order valence-corrected chi connectivity index (χ2v) is 7.05. The third-order valence-corrected chi connectivity index (χ3v) is 4.21. The summed E-state index contributed by atoms with van der Waals surface area (Å²) < 4.78 is 0. The molecular formula is C18H29N3O. The molecule has 1 N–H and O–H groups in total. The summed E-state index contributed by atoms with van der Waals surface area (Å²) in [5, 5.41) is 2.87. The first-order chi connectivity index (χ1) is 10.4. The van der Waals surface area contributed by atoms with E-state index in [4.69, 9.17) is 0 Å². The highest BCUT2D eigenvalue weighted by Gasteiger charge is 2.20. The Hall–Kier alpha value is -1.55. The molecule has 2 amide bonds. The van der Waals surface area contributed by atoms with Gasteiger partial charge in [-0.2, -0.15) is 0 Å². The van der Waals surface area contributed by atoms with Crippen LogP contribution in [0.5, 0.6) is 0 Å². The Kier molecular flexibility index (Phi) is 5.46. The molecule has 0 bridgehead atoms. The third kappa shape index (κ3) is 4.47. The first-order valence-electron chi connectivity index (χ1n) is 8.24. The van der Waals surface area contributed by atoms with Gasteiger partial charge in [0.05, 0.1) is 0 Å². The summed E-state index contributed by atoms with van der Waals surface area (Å²) in [7, 11) is 0. The Morgan fingerprint density at radius 3 is 2.18 bits per heavy atom. The average Bonchev–Trinajstić information content (AvgIpc) is 2.48. The van der Waals surface area contributed by atoms with Gasteiger partial charge in [-0.15, -0.1) is 0 Å². The van der Waals surface area contributed by atoms with Crippen LogP contribution in [0.2, 0.25) is 0 Å². The lowest BCUT2D eigenvalue weighted by molar-refractivity contribution is 0.135. The van der Waals surface area contributed by atoms with Crippen LogP contribution in [0.3, 0.4) is 0 Å². The summed E-state index contributed by atoms with van der Waals surface area (Å²) in [6, 6.07) is 9.00. The van der Waals surface area contributed by atoms with Gasteiger partial charge in [0, 0.05) is 39.3 Å². The molecule has 0 aromatic heterocycles. The molecule has 4 nitrogen and oxygen atoms in total. The van der Waals surface area contributed by atoms with Crippen LogP contribution in [0.1, 0.15) is 38.8 Å². The highest BCUT2D eigenvalue weighted by Crippen LogP contribution is 2.22. The Morgan fingerprint density at radius 2 is 1.68 bits per heavy atom. The molecule has 0 aliphatic carbocycles. The first-order valence-corrected chi connectivity index (χ1v) is 8.24. The lowest BCUT2D eigenvalue weighted by Gasteiger charge is -2.34. The van der Waals surface area contributed by atoms with E-state index in [9.17, 15) is 4.79 Å². The molecule has 0 saturated carbocycles. The molecule has 0 atom stereocenters. The number of urea groups is 1. The van der Waals surface area contributed by atoms with Crippen LogP contribution in [-0.2, 0) is 12.0 Å². The second kappa shape index (κ2) is 7.14. The van der Waals surface area contributed by atoms with Crippen molar-refractivity contribution in [3.8, 4) is 0 Å². The summed E-state index contributed by atoms with van der Waals surface area (Å²) in [6.07, 6.45) is 0. The van der Waals surface area contributed by atoms with Gasteiger partial charge in [-0.1, -0.05) is 45.0 Å². The van der Waals surface area contributed by atoms with E-state index in [0.29, 0.717) is 6.54 Å². The van der Waals surface area contributed by atoms with Crippen molar-refractivity contribution in [1.29, 1.82) is 0 Å². The van der Waals surface area contributed by atoms with Crippen LogP contribution in [0.25, 0.3) is 0 Å². The maximum absolute atomic E-state index is 11.8. The zero-order valence-corrected chi connectivity index (χ0v) is 14.4. The Bertz CT molecular complexity index is 482. The average molecular weight is 303 g/mol. The first kappa shape index (κ1) is 16.8. The minimum atomic E-state index is 0.0664. The van der Waals surface area contributed by atoms with E-state index in [-0.39, 0.29) is 11.4 Å². The minimum Gasteiger partial charge on any atom is -0.338 e. The number of benzene rings is 1. The number of rotatable bonds is 3. The Morgan fingerprint density at radius 1 is 1.09 bits per heavy atom. The lowest BCUT2D eigenvalue weighted by Crippen LogP contribution is -2.51. The Labute approximate surface area is 134 Å². The van der Waals surface area contributed by atoms with Crippen LogP contribution in [0.15, 0.2) is 24.3 Å². The number of carbonyl (C=O) groups is 1. The summed E-state index contributed by atoms with van der Waals surface area (Å²) >= 11 is 0. The number of hydrogen-bond acceptors (Lipinski definition) is 2. The summed E-state index contributed by atoms with van der Waals surface area (Å²) in [5.74, 6) is 0. The van der Waals surface area contributed by atoms with Crippen LogP contribution in [-0.4, -0.2) is 48.6 Å². The molecule has 1 saturated heterocycles. The van der Waals surface area contributed by atoms with Crippen molar-refractivity contribution in [3.63, 3.8) is 0 Å². The van der Waals surface area contributed by atoms with E-state index in [1.807, 2.05) is 11.8 Å². The lowest BCUT2D eigenvalue weighted by atomic mass is 9.87. The molecule has 122 valence electrons. The smallest absolute Gasteiger partial charge is 0.317 e. The van der Waals surface area contributed by atoms with E-state index in [1.54, 1.807) is 0 Å². The molecule has 1 aliphatic heterocycles. The van der Waals surface area contributed by atoms with Gasteiger partial charge in [0.15, 0.2) is 0 Å². The van der Waals surface area contributed by atoms with Crippen LogP contribution < -0.4 is 5.32 Å². The standard InChI is InChI=1S/C18H29N3O/c1-5-19-17(22)21-12-10-20(11-13-21)14-15-6-8-16(9-7-15)18(2,3)4/h6-9H,5,10-14H2,1-4H3,(H,19,22). The summed E-state index contributed by atoms with van der Waals surface area (Å²) in [6.45, 7) is 13.8. The zero-order valence-electron chi connectivity index (χ0n) is 14.4. The molecule has 0 spiro atoms. The van der Waals surface area contributed by atoms with Crippen molar-refractivity contribution in [1.82, 2.24) is 15.1 Å². The minimum absolute atomic E-state index is 0.0664. The van der Waals surface area contributed by atoms with Gasteiger partial charge < -0.3 is 10.2 Å². The van der Waals surface area contributed by atoms with Crippen LogP contribution >= 0.6 is 0 Å². The van der Waals surface area contributed by atoms with E-state index in [0.717, 1.165) is 32.7 Å². The third-order valence-electron chi connectivity index (χ3n) is 4.21. The topological polar surface area (TPSA) is 35.6 Å². The quantitative estimate of drug-likeness (QED) is 0.932. The molecule has 1 heterocycles. The Balaban J connectivity index is 1.84. The number of carbonyl (C=O) groups excluding carboxylic acids is 1. The molecular weight excluding hydrogens is 274 g/mol. The maximum Gasteiger partial charge on any atom is 0.317 e. The summed E-state index contributed by atoms with van der Waals surface area (Å²) in [5.41, 5.74) is 2.92. The number of nitrogens with zero attached hydrogens (tertiary/aromatic N) is 2. The number of nitrogens with one attached hydrogen (secondary N) is 1. The van der Waals surface area contributed by atoms with Gasteiger partial charge >= 0.3 is 6.03 Å². The van der Waals surface area contributed by atoms with Crippen molar-refractivity contribution in [2.75, 3.05) is 32.7 Å². The predicted octanol–water partition coefficient (Wildman–Crippen LogP) is 2.83. The zero-order chi connectivity index (χ0) is 16.2. The fourth-order valence-corrected chi connectivity index (χ4v) is 2.74. The number of piperazine rings is 1. The number of hydrogen-bond donors (Lipinski definition) is 1. The van der Waals surface area contributed by atoms with E-state index in [2.05, 4.69) is 55.3 Å². The molecule has 1 aromatic carbocycles. The van der Waals surface area contributed by atoms with Gasteiger partial charge in [-0.05, 0) is 23.5 Å². The fourth-order valence-electron chi connectivity index (χ4n) is 2.74. The van der Waals surface area contributed by atoms with Crippen molar-refractivity contribution >= 4 is 6.03 Å². The van der Waals surface area contributed by atoms with E-state index >= 15 is 0 Å². The molecule has 1 aliphatic rings. The van der Waals surface area contributed by atoms with Crippen LogP contribution in [0, 0.1) is 0 Å². The van der Waals surface area contributed by atoms with Crippen molar-refractivity contribution in [2.45, 2.75) is 39.7 Å². The highest BCUT2D eigenvalue weighted by molar-refractivity contribution is 5.74. The maximum atomic E-state index is 11.8. The summed E-state index contributed by atoms with van der Waals surface area (Å²) in [4.78, 5) is 16.1. The normalized spacial score (nSPS) is 16.6. The van der Waals surface area contributed by atoms with Gasteiger partial charge in [0.25, 0.3) is 0 Å². The molecule has 1 aromatic rings. The van der Waals surface area contributed by atoms with Gasteiger partial charge in [0.2, 0.25) is 0 Å². The highest BCUT2D eigenvalue weighted by atomic mass is 16.2. The molecule has 4 heteroatoms. The van der Waals surface area contributed by atoms with E-state index < -0.39 is 0 Å². The van der Waals surface area contributed by atoms with Crippen molar-refractivity contribution in [2.24, 2.45) is 0 Å². The van der Waals surface area contributed by atoms with Crippen molar-refractivity contribution in [3.05, 3.63) is 35.4 Å². The second-order valence-electron chi connectivity index (χ2n) is 7.05. The molecule has 2 rings (SSSR count). The molecule has 22 heavy (non-hydrogen) atoms. The van der Waals surface area contributed by atoms with Gasteiger partial charge in [-0.3, -0.25) is 4.90 Å². The molecule has 1 fully saturated rings.